The predicted molar refractivity (Wildman–Crippen MR) is 82.0 cm³/mol. The van der Waals surface area contributed by atoms with E-state index in [9.17, 15) is 10.2 Å². The van der Waals surface area contributed by atoms with Gasteiger partial charge in [-0.15, -0.1) is 0 Å². The molecule has 0 amide bonds. The summed E-state index contributed by atoms with van der Waals surface area (Å²) in [5.41, 5.74) is 3.00. The topological polar surface area (TPSA) is 40.5 Å². The molecule has 4 heteroatoms. The number of phenols is 2. The first-order valence-electron chi connectivity index (χ1n) is 5.83. The highest BCUT2D eigenvalue weighted by Gasteiger charge is 2.14. The molecule has 3 rings (SSSR count). The van der Waals surface area contributed by atoms with Crippen LogP contribution in [-0.4, -0.2) is 10.2 Å². The minimum Gasteiger partial charge on any atom is -0.508 e. The Morgan fingerprint density at radius 1 is 1.00 bits per heavy atom. The zero-order chi connectivity index (χ0) is 13.4. The molecule has 0 saturated carbocycles. The molecular weight excluding hydrogens is 276 g/mol. The summed E-state index contributed by atoms with van der Waals surface area (Å²) < 4.78 is 0. The molecule has 1 heterocycles. The number of thiol groups is 1. The lowest BCUT2D eigenvalue weighted by atomic mass is 10.1. The van der Waals surface area contributed by atoms with Crippen molar-refractivity contribution in [1.82, 2.24) is 0 Å². The molecule has 19 heavy (non-hydrogen) atoms. The summed E-state index contributed by atoms with van der Waals surface area (Å²) in [6, 6.07) is 9.21. The largest absolute Gasteiger partial charge is 0.508 e. The highest BCUT2D eigenvalue weighted by Crippen LogP contribution is 2.42. The van der Waals surface area contributed by atoms with Crippen molar-refractivity contribution in [2.45, 2.75) is 15.5 Å². The summed E-state index contributed by atoms with van der Waals surface area (Å²) in [6.45, 7) is 0. The van der Waals surface area contributed by atoms with E-state index in [0.717, 1.165) is 26.5 Å². The molecule has 0 fully saturated rings. The monoisotopic (exact) mass is 288 g/mol. The van der Waals surface area contributed by atoms with Crippen LogP contribution in [0.3, 0.4) is 0 Å². The highest BCUT2D eigenvalue weighted by atomic mass is 32.2. The van der Waals surface area contributed by atoms with Crippen LogP contribution >= 0.6 is 24.4 Å². The zero-order valence-corrected chi connectivity index (χ0v) is 11.7. The quantitative estimate of drug-likeness (QED) is 0.589. The van der Waals surface area contributed by atoms with Gasteiger partial charge in [0.2, 0.25) is 0 Å². The molecular formula is C15H12O2S2. The second kappa shape index (κ2) is 4.87. The fraction of sp³-hybridized carbons (Fsp3) is 0.0667. The number of phenolic OH excluding ortho intramolecular Hbond substituents is 2. The molecule has 0 spiro atoms. The van der Waals surface area contributed by atoms with Gasteiger partial charge in [-0.2, -0.15) is 12.6 Å². The van der Waals surface area contributed by atoms with Gasteiger partial charge in [0.15, 0.2) is 0 Å². The van der Waals surface area contributed by atoms with Gasteiger partial charge in [0.1, 0.15) is 11.5 Å². The molecule has 0 aliphatic carbocycles. The Labute approximate surface area is 121 Å². The molecule has 0 aromatic heterocycles. The summed E-state index contributed by atoms with van der Waals surface area (Å²) in [4.78, 5) is 1.96. The molecule has 2 aromatic carbocycles. The van der Waals surface area contributed by atoms with E-state index >= 15 is 0 Å². The Morgan fingerprint density at radius 3 is 2.63 bits per heavy atom. The van der Waals surface area contributed by atoms with Gasteiger partial charge in [-0.3, -0.25) is 0 Å². The van der Waals surface area contributed by atoms with Gasteiger partial charge < -0.3 is 10.2 Å². The first-order valence-corrected chi connectivity index (χ1v) is 7.28. The fourth-order valence-corrected chi connectivity index (χ4v) is 3.34. The van der Waals surface area contributed by atoms with Crippen molar-refractivity contribution >= 4 is 36.5 Å². The molecule has 0 unspecified atom stereocenters. The number of benzene rings is 2. The van der Waals surface area contributed by atoms with E-state index in [0.29, 0.717) is 5.75 Å². The number of hydrogen-bond acceptors (Lipinski definition) is 4. The molecule has 1 aliphatic rings. The SMILES string of the molecule is Oc1cc(O)c2c(c1)Sc1ccc(CS)cc1C=C2. The van der Waals surface area contributed by atoms with E-state index < -0.39 is 0 Å². The van der Waals surface area contributed by atoms with Gasteiger partial charge in [0.05, 0.1) is 0 Å². The van der Waals surface area contributed by atoms with E-state index in [2.05, 4.69) is 18.7 Å². The lowest BCUT2D eigenvalue weighted by molar-refractivity contribution is 0.447. The summed E-state index contributed by atoms with van der Waals surface area (Å²) in [5.74, 6) is 0.874. The Morgan fingerprint density at radius 2 is 1.84 bits per heavy atom. The molecule has 0 bridgehead atoms. The van der Waals surface area contributed by atoms with Crippen LogP contribution in [-0.2, 0) is 5.75 Å². The molecule has 96 valence electrons. The number of fused-ring (bicyclic) bond motifs is 2. The zero-order valence-electron chi connectivity index (χ0n) is 10.00. The van der Waals surface area contributed by atoms with Crippen LogP contribution in [0.5, 0.6) is 11.5 Å². The Bertz CT molecular complexity index is 678. The molecule has 0 atom stereocenters. The summed E-state index contributed by atoms with van der Waals surface area (Å²) >= 11 is 5.82. The minimum absolute atomic E-state index is 0.0765. The number of hydrogen-bond donors (Lipinski definition) is 3. The standard InChI is InChI=1S/C15H12O2S2/c16-11-6-13(17)12-3-2-10-5-9(8-18)1-4-14(10)19-15(12)7-11/h1-7,16-18H,8H2. The van der Waals surface area contributed by atoms with Crippen LogP contribution in [0.1, 0.15) is 16.7 Å². The van der Waals surface area contributed by atoms with Gasteiger partial charge in [-0.25, -0.2) is 0 Å². The van der Waals surface area contributed by atoms with Crippen molar-refractivity contribution in [2.24, 2.45) is 0 Å². The Balaban J connectivity index is 2.15. The van der Waals surface area contributed by atoms with Crippen molar-refractivity contribution in [1.29, 1.82) is 0 Å². The fourth-order valence-electron chi connectivity index (χ4n) is 2.06. The van der Waals surface area contributed by atoms with Gasteiger partial charge in [-0.05, 0) is 35.4 Å². The number of rotatable bonds is 1. The molecule has 1 aliphatic heterocycles. The van der Waals surface area contributed by atoms with Crippen molar-refractivity contribution in [3.63, 3.8) is 0 Å². The predicted octanol–water partition coefficient (Wildman–Crippen LogP) is 4.16. The summed E-state index contributed by atoms with van der Waals surface area (Å²) in [7, 11) is 0. The van der Waals surface area contributed by atoms with Gasteiger partial charge in [0.25, 0.3) is 0 Å². The normalized spacial score (nSPS) is 12.7. The van der Waals surface area contributed by atoms with Crippen LogP contribution in [0.2, 0.25) is 0 Å². The molecule has 0 radical (unpaired) electrons. The summed E-state index contributed by atoms with van der Waals surface area (Å²) in [5, 5.41) is 19.5. The Hall–Kier alpha value is -1.52. The van der Waals surface area contributed by atoms with Crippen LogP contribution in [0.25, 0.3) is 12.2 Å². The van der Waals surface area contributed by atoms with E-state index in [1.54, 1.807) is 17.8 Å². The molecule has 2 aromatic rings. The highest BCUT2D eigenvalue weighted by molar-refractivity contribution is 7.99. The molecule has 2 nitrogen and oxygen atoms in total. The van der Waals surface area contributed by atoms with Crippen LogP contribution in [0.4, 0.5) is 0 Å². The third-order valence-corrected chi connectivity index (χ3v) is 4.53. The van der Waals surface area contributed by atoms with E-state index in [1.165, 1.54) is 6.07 Å². The minimum atomic E-state index is 0.0765. The maximum Gasteiger partial charge on any atom is 0.127 e. The van der Waals surface area contributed by atoms with Crippen molar-refractivity contribution in [3.05, 3.63) is 47.0 Å². The first kappa shape index (κ1) is 12.5. The van der Waals surface area contributed by atoms with Gasteiger partial charge >= 0.3 is 0 Å². The lowest BCUT2D eigenvalue weighted by Gasteiger charge is -2.08. The van der Waals surface area contributed by atoms with Crippen LogP contribution in [0, 0.1) is 0 Å². The molecule has 0 saturated heterocycles. The second-order valence-electron chi connectivity index (χ2n) is 4.34. The molecule has 2 N–H and O–H groups in total. The maximum absolute atomic E-state index is 9.91. The Kier molecular flexibility index (Phi) is 3.21. The first-order chi connectivity index (χ1) is 9.17. The van der Waals surface area contributed by atoms with Crippen molar-refractivity contribution in [2.75, 3.05) is 0 Å². The van der Waals surface area contributed by atoms with Crippen LogP contribution < -0.4 is 0 Å². The van der Waals surface area contributed by atoms with Gasteiger partial charge in [-0.1, -0.05) is 23.9 Å². The number of aromatic hydroxyl groups is 2. The second-order valence-corrected chi connectivity index (χ2v) is 5.74. The third kappa shape index (κ3) is 2.33. The lowest BCUT2D eigenvalue weighted by Crippen LogP contribution is -1.83. The maximum atomic E-state index is 9.91. The smallest absolute Gasteiger partial charge is 0.127 e. The van der Waals surface area contributed by atoms with Crippen molar-refractivity contribution in [3.8, 4) is 11.5 Å². The van der Waals surface area contributed by atoms with E-state index in [-0.39, 0.29) is 11.5 Å². The van der Waals surface area contributed by atoms with Crippen LogP contribution in [0.15, 0.2) is 40.1 Å². The van der Waals surface area contributed by atoms with Gasteiger partial charge in [0, 0.05) is 27.2 Å². The summed E-state index contributed by atoms with van der Waals surface area (Å²) in [6.07, 6.45) is 3.86. The average Bonchev–Trinajstić information content (AvgIpc) is 2.56. The van der Waals surface area contributed by atoms with Crippen molar-refractivity contribution < 1.29 is 10.2 Å². The van der Waals surface area contributed by atoms with E-state index in [4.69, 9.17) is 0 Å². The third-order valence-electron chi connectivity index (χ3n) is 3.01. The average molecular weight is 288 g/mol. The van der Waals surface area contributed by atoms with E-state index in [1.807, 2.05) is 24.3 Å².